The van der Waals surface area contributed by atoms with Gasteiger partial charge >= 0.3 is 11.9 Å². The minimum Gasteiger partial charge on any atom is -0.468 e. The fourth-order valence-corrected chi connectivity index (χ4v) is 5.96. The van der Waals surface area contributed by atoms with Gasteiger partial charge in [0, 0.05) is 44.3 Å². The number of piperazine rings is 1. The van der Waals surface area contributed by atoms with Gasteiger partial charge in [0.05, 0.1) is 25.0 Å². The number of carbonyl (C=O) groups is 2. The fourth-order valence-electron chi connectivity index (χ4n) is 5.78. The Morgan fingerprint density at radius 2 is 1.17 bits per heavy atom. The summed E-state index contributed by atoms with van der Waals surface area (Å²) in [4.78, 5) is 28.3. The lowest BCUT2D eigenvalue weighted by molar-refractivity contribution is -0.144. The molecule has 1 saturated heterocycles. The second-order valence-corrected chi connectivity index (χ2v) is 11.7. The smallest absolute Gasteiger partial charge is 0.316 e. The number of methoxy groups -OCH3 is 2. The highest BCUT2D eigenvalue weighted by Gasteiger charge is 2.53. The van der Waals surface area contributed by atoms with Crippen LogP contribution in [-0.2, 0) is 42.3 Å². The van der Waals surface area contributed by atoms with Crippen LogP contribution in [0.5, 0.6) is 0 Å². The van der Waals surface area contributed by atoms with Crippen LogP contribution in [0.1, 0.15) is 47.9 Å². The summed E-state index contributed by atoms with van der Waals surface area (Å²) in [5, 5.41) is 0. The van der Waals surface area contributed by atoms with Gasteiger partial charge in [-0.2, -0.15) is 0 Å². The van der Waals surface area contributed by atoms with Gasteiger partial charge in [-0.25, -0.2) is 4.39 Å². The number of carbonyl (C=O) groups excluding carboxylic acids is 2. The van der Waals surface area contributed by atoms with E-state index in [2.05, 4.69) is 34.1 Å². The highest BCUT2D eigenvalue weighted by Crippen LogP contribution is 2.50. The first-order valence-corrected chi connectivity index (χ1v) is 15.0. The number of nitrogens with zero attached hydrogens (tertiary/aromatic N) is 2. The van der Waals surface area contributed by atoms with Crippen LogP contribution in [0.2, 0.25) is 0 Å². The highest BCUT2D eigenvalue weighted by atomic mass is 35.5. The van der Waals surface area contributed by atoms with Crippen LogP contribution in [0.25, 0.3) is 0 Å². The van der Waals surface area contributed by atoms with E-state index in [-0.39, 0.29) is 23.2 Å². The van der Waals surface area contributed by atoms with Crippen LogP contribution in [0.15, 0.2) is 72.8 Å². The molecule has 3 aromatic rings. The lowest BCUT2D eigenvalue weighted by Crippen LogP contribution is -2.45. The average Bonchev–Trinajstić information content (AvgIpc) is 3.97. The molecule has 8 heteroatoms. The van der Waals surface area contributed by atoms with Crippen molar-refractivity contribution in [2.45, 2.75) is 48.9 Å². The monoisotopic (exact) mass is 592 g/mol. The van der Waals surface area contributed by atoms with Crippen LogP contribution in [0, 0.1) is 5.82 Å². The van der Waals surface area contributed by atoms with Crippen molar-refractivity contribution < 1.29 is 23.5 Å². The summed E-state index contributed by atoms with van der Waals surface area (Å²) in [6.45, 7) is 4.74. The van der Waals surface area contributed by atoms with Crippen LogP contribution in [0.4, 0.5) is 10.1 Å². The van der Waals surface area contributed by atoms with E-state index >= 15 is 0 Å². The van der Waals surface area contributed by atoms with Crippen molar-refractivity contribution in [3.63, 3.8) is 0 Å². The molecule has 0 amide bonds. The molecule has 2 saturated carbocycles. The molecule has 222 valence electrons. The Morgan fingerprint density at radius 3 is 1.57 bits per heavy atom. The zero-order chi connectivity index (χ0) is 29.7. The van der Waals surface area contributed by atoms with Gasteiger partial charge in [-0.05, 0) is 72.2 Å². The van der Waals surface area contributed by atoms with E-state index in [1.807, 2.05) is 36.4 Å². The SMILES string of the molecule is COC(=O)C1(c2ccc(CCl)cc2)CC1.COC(=O)C1(c2ccc(CN3CCN(c4ccc(F)cc4)CC3)cc2)CC1. The van der Waals surface area contributed by atoms with Gasteiger partial charge in [0.2, 0.25) is 0 Å². The van der Waals surface area contributed by atoms with Gasteiger partial charge in [-0.15, -0.1) is 11.6 Å². The Kier molecular flexibility index (Phi) is 9.19. The molecule has 3 aliphatic rings. The van der Waals surface area contributed by atoms with Gasteiger partial charge in [0.25, 0.3) is 0 Å². The van der Waals surface area contributed by atoms with E-state index in [0.29, 0.717) is 5.88 Å². The minimum atomic E-state index is -0.395. The normalized spacial score (nSPS) is 18.3. The quantitative estimate of drug-likeness (QED) is 0.237. The molecule has 42 heavy (non-hydrogen) atoms. The van der Waals surface area contributed by atoms with Gasteiger partial charge < -0.3 is 14.4 Å². The Morgan fingerprint density at radius 1 is 0.714 bits per heavy atom. The largest absolute Gasteiger partial charge is 0.468 e. The molecule has 6 rings (SSSR count). The van der Waals surface area contributed by atoms with E-state index in [1.54, 1.807) is 0 Å². The van der Waals surface area contributed by atoms with Crippen molar-refractivity contribution in [2.24, 2.45) is 0 Å². The van der Waals surface area contributed by atoms with Crippen molar-refractivity contribution in [3.05, 3.63) is 101 Å². The molecule has 0 spiro atoms. The van der Waals surface area contributed by atoms with Crippen LogP contribution >= 0.6 is 11.6 Å². The molecule has 3 fully saturated rings. The summed E-state index contributed by atoms with van der Waals surface area (Å²) < 4.78 is 22.9. The highest BCUT2D eigenvalue weighted by molar-refractivity contribution is 6.17. The zero-order valence-corrected chi connectivity index (χ0v) is 25.0. The topological polar surface area (TPSA) is 59.1 Å². The lowest BCUT2D eigenvalue weighted by atomic mass is 9.95. The number of benzene rings is 3. The average molecular weight is 593 g/mol. The molecule has 0 aromatic heterocycles. The molecular formula is C34H38ClFN2O4. The first-order valence-electron chi connectivity index (χ1n) is 14.5. The van der Waals surface area contributed by atoms with Crippen molar-refractivity contribution >= 4 is 29.2 Å². The number of anilines is 1. The summed E-state index contributed by atoms with van der Waals surface area (Å²) in [5.41, 5.74) is 4.77. The number of ether oxygens (including phenoxy) is 2. The van der Waals surface area contributed by atoms with E-state index in [1.165, 1.54) is 31.9 Å². The summed E-state index contributed by atoms with van der Waals surface area (Å²) in [7, 11) is 2.90. The molecule has 2 aliphatic carbocycles. The summed E-state index contributed by atoms with van der Waals surface area (Å²) in [6, 6.07) is 23.0. The minimum absolute atomic E-state index is 0.118. The second-order valence-electron chi connectivity index (χ2n) is 11.4. The van der Waals surface area contributed by atoms with Crippen molar-refractivity contribution in [1.82, 2.24) is 4.90 Å². The molecule has 6 nitrogen and oxygen atoms in total. The maximum atomic E-state index is 13.1. The fraction of sp³-hybridized carbons (Fsp3) is 0.412. The molecular weight excluding hydrogens is 555 g/mol. The van der Waals surface area contributed by atoms with E-state index in [0.717, 1.165) is 80.8 Å². The summed E-state index contributed by atoms with van der Waals surface area (Å²) >= 11 is 5.71. The molecule has 0 bridgehead atoms. The third-order valence-electron chi connectivity index (χ3n) is 8.79. The van der Waals surface area contributed by atoms with Gasteiger partial charge in [-0.3, -0.25) is 14.5 Å². The van der Waals surface area contributed by atoms with Crippen LogP contribution in [0.3, 0.4) is 0 Å². The first kappa shape index (κ1) is 30.1. The Hall–Kier alpha value is -3.42. The Balaban J connectivity index is 0.000000199. The molecule has 0 atom stereocenters. The number of alkyl halides is 1. The van der Waals surface area contributed by atoms with Crippen LogP contribution < -0.4 is 4.90 Å². The Labute approximate surface area is 252 Å². The number of rotatable bonds is 8. The van der Waals surface area contributed by atoms with E-state index < -0.39 is 5.41 Å². The first-order chi connectivity index (χ1) is 20.3. The maximum Gasteiger partial charge on any atom is 0.316 e. The van der Waals surface area contributed by atoms with Crippen molar-refractivity contribution in [1.29, 1.82) is 0 Å². The number of halogens is 2. The standard InChI is InChI=1S/C22H25FN2O2.C12H13ClO2/c1-27-21(26)22(10-11-22)18-4-2-17(3-5-18)16-24-12-14-25(15-13-24)20-8-6-19(23)7-9-20;1-15-11(14)12(6-7-12)10-4-2-9(8-13)3-5-10/h2-9H,10-16H2,1H3;2-5H,6-8H2,1H3. The van der Waals surface area contributed by atoms with Crippen molar-refractivity contribution in [2.75, 3.05) is 45.3 Å². The molecule has 3 aromatic carbocycles. The van der Waals surface area contributed by atoms with E-state index in [4.69, 9.17) is 21.1 Å². The molecule has 1 aliphatic heterocycles. The van der Waals surface area contributed by atoms with Gasteiger partial charge in [0.1, 0.15) is 5.82 Å². The van der Waals surface area contributed by atoms with Gasteiger partial charge in [0.15, 0.2) is 0 Å². The Bertz CT molecular complexity index is 1360. The lowest BCUT2D eigenvalue weighted by Gasteiger charge is -2.36. The number of hydrogen-bond acceptors (Lipinski definition) is 6. The summed E-state index contributed by atoms with van der Waals surface area (Å²) in [5.74, 6) is 0.0696. The predicted octanol–water partition coefficient (Wildman–Crippen LogP) is 5.98. The molecule has 0 radical (unpaired) electrons. The van der Waals surface area contributed by atoms with E-state index in [9.17, 15) is 14.0 Å². The van der Waals surface area contributed by atoms with Crippen molar-refractivity contribution in [3.8, 4) is 0 Å². The molecule has 0 N–H and O–H groups in total. The van der Waals surface area contributed by atoms with Crippen LogP contribution in [-0.4, -0.2) is 57.2 Å². The number of esters is 2. The third kappa shape index (κ3) is 6.47. The maximum absolute atomic E-state index is 13.1. The molecule has 1 heterocycles. The second kappa shape index (κ2) is 12.8. The van der Waals surface area contributed by atoms with Gasteiger partial charge in [-0.1, -0.05) is 48.5 Å². The zero-order valence-electron chi connectivity index (χ0n) is 24.3. The third-order valence-corrected chi connectivity index (χ3v) is 9.10. The number of hydrogen-bond donors (Lipinski definition) is 0. The molecule has 0 unspecified atom stereocenters. The predicted molar refractivity (Wildman–Crippen MR) is 162 cm³/mol. The summed E-state index contributed by atoms with van der Waals surface area (Å²) in [6.07, 6.45) is 3.54.